The minimum atomic E-state index is -4.59. The second-order valence-corrected chi connectivity index (χ2v) is 18.6. The van der Waals surface area contributed by atoms with Gasteiger partial charge in [-0.05, 0) is 19.3 Å². The molecule has 0 aliphatic carbocycles. The molecule has 0 aliphatic rings. The molecule has 0 spiro atoms. The summed E-state index contributed by atoms with van der Waals surface area (Å²) in [6, 6.07) is -0.912. The molecule has 2 N–H and O–H groups in total. The van der Waals surface area contributed by atoms with Gasteiger partial charge in [0.1, 0.15) is 13.2 Å². The molecule has 0 aromatic carbocycles. The van der Waals surface area contributed by atoms with Crippen molar-refractivity contribution in [3.05, 3.63) is 24.3 Å². The number of hydrogen-bond acceptors (Lipinski definition) is 6. The van der Waals surface area contributed by atoms with Crippen LogP contribution >= 0.6 is 7.82 Å². The van der Waals surface area contributed by atoms with E-state index in [1.54, 1.807) is 12.2 Å². The fraction of sp³-hybridized carbons (Fsp3) is 0.891. The van der Waals surface area contributed by atoms with Crippen molar-refractivity contribution >= 4 is 13.7 Å². The van der Waals surface area contributed by atoms with Crippen LogP contribution in [0.15, 0.2) is 24.3 Å². The lowest BCUT2D eigenvalue weighted by atomic mass is 10.0. The molecule has 9 heteroatoms. The summed E-state index contributed by atoms with van der Waals surface area (Å²) in [4.78, 5) is 25.2. The smallest absolute Gasteiger partial charge is 0.268 e. The number of allylic oxidation sites excluding steroid dienone is 3. The fourth-order valence-electron chi connectivity index (χ4n) is 6.74. The fourth-order valence-corrected chi connectivity index (χ4v) is 7.46. The Labute approximate surface area is 341 Å². The molecule has 0 bridgehead atoms. The van der Waals surface area contributed by atoms with Crippen LogP contribution in [0.5, 0.6) is 0 Å². The highest BCUT2D eigenvalue weighted by Crippen LogP contribution is 2.38. The third-order valence-electron chi connectivity index (χ3n) is 10.5. The molecular weight excluding hydrogens is 707 g/mol. The summed E-state index contributed by atoms with van der Waals surface area (Å²) in [5.41, 5.74) is 0. The maximum atomic E-state index is 12.8. The Kier molecular flexibility index (Phi) is 37.8. The summed E-state index contributed by atoms with van der Waals surface area (Å²) in [5, 5.41) is 13.7. The Morgan fingerprint density at radius 1 is 0.636 bits per heavy atom. The minimum absolute atomic E-state index is 0.00725. The normalized spacial score (nSPS) is 14.5. The number of carbonyl (C=O) groups excluding carboxylic acids is 1. The highest BCUT2D eigenvalue weighted by atomic mass is 31.2. The summed E-state index contributed by atoms with van der Waals surface area (Å²) < 4.78 is 23.1. The van der Waals surface area contributed by atoms with Gasteiger partial charge in [-0.3, -0.25) is 9.36 Å². The van der Waals surface area contributed by atoms with Gasteiger partial charge in [0.15, 0.2) is 0 Å². The van der Waals surface area contributed by atoms with Crippen molar-refractivity contribution in [2.24, 2.45) is 0 Å². The summed E-state index contributed by atoms with van der Waals surface area (Å²) in [6.07, 6.45) is 45.4. The number of phosphoric acid groups is 1. The predicted octanol–water partition coefficient (Wildman–Crippen LogP) is 12.3. The molecule has 1 unspecified atom stereocenters. The number of carbonyl (C=O) groups is 1. The van der Waals surface area contributed by atoms with Crippen LogP contribution in [-0.4, -0.2) is 68.5 Å². The molecule has 326 valence electrons. The first-order valence-electron chi connectivity index (χ1n) is 23.2. The zero-order valence-electron chi connectivity index (χ0n) is 36.9. The Morgan fingerprint density at radius 3 is 1.45 bits per heavy atom. The van der Waals surface area contributed by atoms with Crippen molar-refractivity contribution in [3.8, 4) is 0 Å². The number of unbranched alkanes of at least 4 members (excludes halogenated alkanes) is 28. The lowest BCUT2D eigenvalue weighted by Crippen LogP contribution is -2.45. The van der Waals surface area contributed by atoms with Crippen molar-refractivity contribution in [3.63, 3.8) is 0 Å². The highest BCUT2D eigenvalue weighted by molar-refractivity contribution is 7.45. The van der Waals surface area contributed by atoms with E-state index in [-0.39, 0.29) is 12.5 Å². The molecule has 1 amide bonds. The number of aliphatic hydroxyl groups is 1. The summed E-state index contributed by atoms with van der Waals surface area (Å²) in [5.74, 6) is -0.213. The largest absolute Gasteiger partial charge is 0.756 e. The molecule has 3 atom stereocenters. The molecule has 0 radical (unpaired) electrons. The molecule has 0 aliphatic heterocycles. The molecule has 0 heterocycles. The van der Waals surface area contributed by atoms with Gasteiger partial charge in [-0.1, -0.05) is 212 Å². The molecule has 0 saturated carbocycles. The van der Waals surface area contributed by atoms with E-state index in [4.69, 9.17) is 9.05 Å². The molecular formula is C46H91N2O6P. The van der Waals surface area contributed by atoms with Crippen LogP contribution in [0.1, 0.15) is 213 Å². The van der Waals surface area contributed by atoms with Crippen molar-refractivity contribution in [1.29, 1.82) is 0 Å². The van der Waals surface area contributed by atoms with Crippen molar-refractivity contribution in [2.45, 2.75) is 225 Å². The molecule has 0 fully saturated rings. The number of nitrogens with zero attached hydrogens (tertiary/aromatic N) is 1. The maximum absolute atomic E-state index is 12.8. The van der Waals surface area contributed by atoms with E-state index in [9.17, 15) is 19.4 Å². The van der Waals surface area contributed by atoms with E-state index >= 15 is 0 Å². The number of hydrogen-bond donors (Lipinski definition) is 2. The first-order chi connectivity index (χ1) is 26.5. The molecule has 0 aromatic heterocycles. The second kappa shape index (κ2) is 38.5. The minimum Gasteiger partial charge on any atom is -0.756 e. The van der Waals surface area contributed by atoms with Gasteiger partial charge >= 0.3 is 0 Å². The lowest BCUT2D eigenvalue weighted by Gasteiger charge is -2.29. The first-order valence-corrected chi connectivity index (χ1v) is 24.7. The van der Waals surface area contributed by atoms with Crippen LogP contribution in [0.2, 0.25) is 0 Å². The quantitative estimate of drug-likeness (QED) is 0.0276. The van der Waals surface area contributed by atoms with Gasteiger partial charge < -0.3 is 28.8 Å². The number of aliphatic hydroxyl groups excluding tert-OH is 1. The number of quaternary nitrogens is 1. The number of nitrogens with one attached hydrogen (secondary N) is 1. The van der Waals surface area contributed by atoms with Crippen molar-refractivity contribution in [2.75, 3.05) is 40.9 Å². The third-order valence-corrected chi connectivity index (χ3v) is 11.4. The number of rotatable bonds is 42. The summed E-state index contributed by atoms with van der Waals surface area (Å²) in [6.45, 7) is 4.59. The number of likely N-dealkylation sites (N-methyl/N-ethyl adjacent to an activating group) is 1. The Morgan fingerprint density at radius 2 is 1.04 bits per heavy atom. The monoisotopic (exact) mass is 799 g/mol. The lowest BCUT2D eigenvalue weighted by molar-refractivity contribution is -0.870. The Bertz CT molecular complexity index is 953. The summed E-state index contributed by atoms with van der Waals surface area (Å²) >= 11 is 0. The van der Waals surface area contributed by atoms with Gasteiger partial charge in [0.05, 0.1) is 39.9 Å². The maximum Gasteiger partial charge on any atom is 0.268 e. The number of amides is 1. The zero-order chi connectivity index (χ0) is 40.7. The van der Waals surface area contributed by atoms with Crippen LogP contribution < -0.4 is 10.2 Å². The van der Waals surface area contributed by atoms with E-state index < -0.39 is 26.6 Å². The van der Waals surface area contributed by atoms with E-state index in [0.29, 0.717) is 17.4 Å². The number of phosphoric ester groups is 1. The zero-order valence-corrected chi connectivity index (χ0v) is 37.8. The first kappa shape index (κ1) is 54.0. The van der Waals surface area contributed by atoms with E-state index in [1.807, 2.05) is 27.2 Å². The van der Waals surface area contributed by atoms with Crippen molar-refractivity contribution < 1.29 is 32.9 Å². The van der Waals surface area contributed by atoms with Crippen LogP contribution in [0.3, 0.4) is 0 Å². The van der Waals surface area contributed by atoms with Crippen LogP contribution in [0, 0.1) is 0 Å². The van der Waals surface area contributed by atoms with Crippen molar-refractivity contribution in [1.82, 2.24) is 5.32 Å². The molecule has 8 nitrogen and oxygen atoms in total. The molecule has 55 heavy (non-hydrogen) atoms. The Balaban J connectivity index is 4.20. The van der Waals surface area contributed by atoms with Crippen LogP contribution in [0.4, 0.5) is 0 Å². The average Bonchev–Trinajstić information content (AvgIpc) is 3.13. The van der Waals surface area contributed by atoms with Gasteiger partial charge in [-0.2, -0.15) is 0 Å². The second-order valence-electron chi connectivity index (χ2n) is 17.2. The molecule has 0 aromatic rings. The van der Waals surface area contributed by atoms with Crippen LogP contribution in [-0.2, 0) is 18.4 Å². The molecule has 0 saturated heterocycles. The van der Waals surface area contributed by atoms with E-state index in [0.717, 1.165) is 32.1 Å². The van der Waals surface area contributed by atoms with Gasteiger partial charge in [0.25, 0.3) is 7.82 Å². The van der Waals surface area contributed by atoms with Gasteiger partial charge in [0.2, 0.25) is 5.91 Å². The van der Waals surface area contributed by atoms with E-state index in [2.05, 4.69) is 25.2 Å². The topological polar surface area (TPSA) is 108 Å². The summed E-state index contributed by atoms with van der Waals surface area (Å²) in [7, 11) is 1.24. The highest BCUT2D eigenvalue weighted by Gasteiger charge is 2.23. The SMILES string of the molecule is CCCCCCCC/C=C/C=C/[C@@H](O)[C@H](COP(=O)([O-])OCC[N+](C)(C)C)NC(=O)CCCCCCCCCCCCCCCCCCCCCCCCC. The third kappa shape index (κ3) is 41.0. The standard InChI is InChI=1S/C46H91N2O6P/c1-6-8-10-12-14-16-18-19-20-21-22-23-24-25-26-27-28-29-30-32-34-36-38-40-46(50)47-44(43-54-55(51,52)53-42-41-48(3,4)5)45(49)39-37-35-33-31-17-15-13-11-9-7-2/h33,35,37,39,44-45,49H,6-32,34,36,38,40-43H2,1-5H3,(H-,47,50,51,52)/b35-33+,39-37+/t44-,45+/m0/s1. The van der Waals surface area contributed by atoms with Gasteiger partial charge in [-0.25, -0.2) is 0 Å². The molecule has 0 rings (SSSR count). The predicted molar refractivity (Wildman–Crippen MR) is 233 cm³/mol. The van der Waals surface area contributed by atoms with Gasteiger partial charge in [-0.15, -0.1) is 0 Å². The van der Waals surface area contributed by atoms with E-state index in [1.165, 1.54) is 161 Å². The Hall–Kier alpha value is -1.02. The van der Waals surface area contributed by atoms with Gasteiger partial charge in [0, 0.05) is 6.42 Å². The average molecular weight is 799 g/mol. The van der Waals surface area contributed by atoms with Crippen LogP contribution in [0.25, 0.3) is 0 Å².